The van der Waals surface area contributed by atoms with Gasteiger partial charge < -0.3 is 9.64 Å². The van der Waals surface area contributed by atoms with Gasteiger partial charge in [-0.25, -0.2) is 15.0 Å². The molecule has 0 aliphatic rings. The van der Waals surface area contributed by atoms with Crippen molar-refractivity contribution in [3.63, 3.8) is 0 Å². The molecule has 6 nitrogen and oxygen atoms in total. The molecule has 0 N–H and O–H groups in total. The molecule has 0 atom stereocenters. The van der Waals surface area contributed by atoms with Crippen molar-refractivity contribution in [1.29, 1.82) is 0 Å². The first-order valence-electron chi connectivity index (χ1n) is 9.59. The Labute approximate surface area is 175 Å². The number of rotatable bonds is 4. The Bertz CT molecular complexity index is 1250. The average molecular weight is 398 g/mol. The Morgan fingerprint density at radius 1 is 1.00 bits per heavy atom. The van der Waals surface area contributed by atoms with Crippen molar-refractivity contribution in [2.24, 2.45) is 0 Å². The molecular weight excluding hydrogens is 376 g/mol. The lowest BCUT2D eigenvalue weighted by Crippen LogP contribution is -2.27. The average Bonchev–Trinajstić information content (AvgIpc) is 2.77. The number of anilines is 1. The molecule has 2 aromatic carbocycles. The van der Waals surface area contributed by atoms with Crippen molar-refractivity contribution in [3.05, 3.63) is 77.6 Å². The van der Waals surface area contributed by atoms with Crippen LogP contribution in [0.25, 0.3) is 22.3 Å². The van der Waals surface area contributed by atoms with Crippen LogP contribution in [0.2, 0.25) is 0 Å². The molecule has 0 spiro atoms. The highest BCUT2D eigenvalue weighted by molar-refractivity contribution is 6.06. The van der Waals surface area contributed by atoms with Crippen LogP contribution in [0.15, 0.2) is 60.9 Å². The van der Waals surface area contributed by atoms with E-state index in [0.29, 0.717) is 17.3 Å². The fraction of sp³-hybridized carbons (Fsp3) is 0.167. The van der Waals surface area contributed by atoms with E-state index in [1.54, 1.807) is 30.3 Å². The third-order valence-electron chi connectivity index (χ3n) is 5.05. The van der Waals surface area contributed by atoms with Gasteiger partial charge in [0.1, 0.15) is 0 Å². The van der Waals surface area contributed by atoms with Gasteiger partial charge in [0.15, 0.2) is 5.82 Å². The van der Waals surface area contributed by atoms with E-state index in [9.17, 15) is 4.79 Å². The van der Waals surface area contributed by atoms with Crippen molar-refractivity contribution >= 4 is 22.5 Å². The number of amides is 1. The highest BCUT2D eigenvalue weighted by Gasteiger charge is 2.17. The molecule has 2 heterocycles. The molecule has 0 fully saturated rings. The van der Waals surface area contributed by atoms with Crippen molar-refractivity contribution in [2.75, 3.05) is 19.1 Å². The van der Waals surface area contributed by atoms with E-state index in [2.05, 4.69) is 23.0 Å². The summed E-state index contributed by atoms with van der Waals surface area (Å²) in [6.45, 7) is 4.02. The normalized spacial score (nSPS) is 10.8. The molecule has 0 unspecified atom stereocenters. The van der Waals surface area contributed by atoms with Gasteiger partial charge in [-0.3, -0.25) is 4.79 Å². The number of hydrogen-bond donors (Lipinski definition) is 0. The maximum atomic E-state index is 12.9. The molecule has 0 bridgehead atoms. The summed E-state index contributed by atoms with van der Waals surface area (Å²) < 4.78 is 5.12. The number of aromatic nitrogens is 3. The van der Waals surface area contributed by atoms with Crippen LogP contribution in [0, 0.1) is 13.8 Å². The van der Waals surface area contributed by atoms with Gasteiger partial charge in [-0.2, -0.15) is 0 Å². The number of ether oxygens (including phenoxy) is 1. The standard InChI is InChI=1S/C24H22N4O2/c1-15-5-7-20-19(11-15)14-26-23(27-20)17-6-8-21(16(2)12-17)28(3)24(29)18-9-10-25-22(13-18)30-4/h5-14H,1-4H3. The first-order valence-corrected chi connectivity index (χ1v) is 9.59. The minimum atomic E-state index is -0.135. The van der Waals surface area contributed by atoms with Crippen LogP contribution in [0.3, 0.4) is 0 Å². The summed E-state index contributed by atoms with van der Waals surface area (Å²) in [6, 6.07) is 15.3. The quantitative estimate of drug-likeness (QED) is 0.503. The number of carbonyl (C=O) groups is 1. The molecule has 1 amide bonds. The predicted molar refractivity (Wildman–Crippen MR) is 118 cm³/mol. The third-order valence-corrected chi connectivity index (χ3v) is 5.05. The molecule has 0 aliphatic heterocycles. The van der Waals surface area contributed by atoms with E-state index < -0.39 is 0 Å². The number of carbonyl (C=O) groups excluding carboxylic acids is 1. The minimum absolute atomic E-state index is 0.135. The zero-order valence-electron chi connectivity index (χ0n) is 17.4. The first-order chi connectivity index (χ1) is 14.5. The topological polar surface area (TPSA) is 68.2 Å². The Kier molecular flexibility index (Phi) is 5.14. The van der Waals surface area contributed by atoms with E-state index in [0.717, 1.165) is 27.7 Å². The second-order valence-corrected chi connectivity index (χ2v) is 7.21. The van der Waals surface area contributed by atoms with Crippen LogP contribution in [0.5, 0.6) is 5.88 Å². The van der Waals surface area contributed by atoms with Crippen LogP contribution < -0.4 is 9.64 Å². The summed E-state index contributed by atoms with van der Waals surface area (Å²) in [6.07, 6.45) is 3.41. The SMILES string of the molecule is COc1cc(C(=O)N(C)c2ccc(-c3ncc4cc(C)ccc4n3)cc2C)ccn1. The lowest BCUT2D eigenvalue weighted by Gasteiger charge is -2.20. The Hall–Kier alpha value is -3.80. The maximum absolute atomic E-state index is 12.9. The minimum Gasteiger partial charge on any atom is -0.481 e. The smallest absolute Gasteiger partial charge is 0.258 e. The van der Waals surface area contributed by atoms with Gasteiger partial charge in [-0.15, -0.1) is 0 Å². The van der Waals surface area contributed by atoms with E-state index >= 15 is 0 Å². The van der Waals surface area contributed by atoms with E-state index in [4.69, 9.17) is 9.72 Å². The zero-order valence-corrected chi connectivity index (χ0v) is 17.4. The van der Waals surface area contributed by atoms with Gasteiger partial charge in [-0.1, -0.05) is 11.6 Å². The third kappa shape index (κ3) is 3.72. The van der Waals surface area contributed by atoms with Gasteiger partial charge in [0.2, 0.25) is 5.88 Å². The second-order valence-electron chi connectivity index (χ2n) is 7.21. The number of benzene rings is 2. The summed E-state index contributed by atoms with van der Waals surface area (Å²) in [5.41, 5.74) is 5.28. The Morgan fingerprint density at radius 2 is 1.83 bits per heavy atom. The highest BCUT2D eigenvalue weighted by Crippen LogP contribution is 2.27. The van der Waals surface area contributed by atoms with Gasteiger partial charge in [0.25, 0.3) is 5.91 Å². The van der Waals surface area contributed by atoms with Gasteiger partial charge >= 0.3 is 0 Å². The molecule has 150 valence electrons. The second kappa shape index (κ2) is 7.91. The highest BCUT2D eigenvalue weighted by atomic mass is 16.5. The largest absolute Gasteiger partial charge is 0.481 e. The number of nitrogens with zero attached hydrogens (tertiary/aromatic N) is 4. The van der Waals surface area contributed by atoms with E-state index in [1.165, 1.54) is 12.7 Å². The first kappa shape index (κ1) is 19.5. The summed E-state index contributed by atoms with van der Waals surface area (Å²) in [4.78, 5) is 27.8. The summed E-state index contributed by atoms with van der Waals surface area (Å²) in [7, 11) is 3.28. The van der Waals surface area contributed by atoms with Gasteiger partial charge in [-0.05, 0) is 55.8 Å². The van der Waals surface area contributed by atoms with Gasteiger partial charge in [0.05, 0.1) is 12.6 Å². The zero-order chi connectivity index (χ0) is 21.3. The molecule has 0 radical (unpaired) electrons. The number of pyridine rings is 1. The summed E-state index contributed by atoms with van der Waals surface area (Å²) in [5.74, 6) is 0.933. The van der Waals surface area contributed by atoms with Crippen LogP contribution in [-0.2, 0) is 0 Å². The van der Waals surface area contributed by atoms with Gasteiger partial charge in [0, 0.05) is 47.7 Å². The number of hydrogen-bond acceptors (Lipinski definition) is 5. The fourth-order valence-corrected chi connectivity index (χ4v) is 3.42. The monoisotopic (exact) mass is 398 g/mol. The van der Waals surface area contributed by atoms with Crippen molar-refractivity contribution in [3.8, 4) is 17.3 Å². The lowest BCUT2D eigenvalue weighted by molar-refractivity contribution is 0.0992. The number of methoxy groups -OCH3 is 1. The van der Waals surface area contributed by atoms with E-state index in [-0.39, 0.29) is 5.91 Å². The molecule has 0 saturated carbocycles. The van der Waals surface area contributed by atoms with Crippen LogP contribution in [0.1, 0.15) is 21.5 Å². The molecule has 2 aromatic heterocycles. The van der Waals surface area contributed by atoms with Crippen molar-refractivity contribution < 1.29 is 9.53 Å². The van der Waals surface area contributed by atoms with Crippen molar-refractivity contribution in [1.82, 2.24) is 15.0 Å². The molecular formula is C24H22N4O2. The fourth-order valence-electron chi connectivity index (χ4n) is 3.42. The van der Waals surface area contributed by atoms with Crippen LogP contribution >= 0.6 is 0 Å². The van der Waals surface area contributed by atoms with Crippen molar-refractivity contribution in [2.45, 2.75) is 13.8 Å². The number of aryl methyl sites for hydroxylation is 2. The summed E-state index contributed by atoms with van der Waals surface area (Å²) in [5, 5.41) is 1.02. The molecule has 0 saturated heterocycles. The molecule has 4 rings (SSSR count). The lowest BCUT2D eigenvalue weighted by atomic mass is 10.1. The maximum Gasteiger partial charge on any atom is 0.258 e. The molecule has 6 heteroatoms. The molecule has 4 aromatic rings. The van der Waals surface area contributed by atoms with Crippen LogP contribution in [-0.4, -0.2) is 35.0 Å². The Morgan fingerprint density at radius 3 is 2.60 bits per heavy atom. The Balaban J connectivity index is 1.64. The predicted octanol–water partition coefficient (Wildman–Crippen LogP) is 4.59. The number of fused-ring (bicyclic) bond motifs is 1. The molecule has 0 aliphatic carbocycles. The molecule has 30 heavy (non-hydrogen) atoms. The van der Waals surface area contributed by atoms with Crippen LogP contribution in [0.4, 0.5) is 5.69 Å². The van der Waals surface area contributed by atoms with E-state index in [1.807, 2.05) is 43.5 Å². The summed E-state index contributed by atoms with van der Waals surface area (Å²) >= 11 is 0.